The van der Waals surface area contributed by atoms with Crippen LogP contribution in [0, 0.1) is 13.8 Å². The highest BCUT2D eigenvalue weighted by atomic mass is 35.5. The molecule has 0 fully saturated rings. The van der Waals surface area contributed by atoms with Crippen LogP contribution < -0.4 is 10.1 Å². The van der Waals surface area contributed by atoms with Gasteiger partial charge in [0.05, 0.1) is 0 Å². The highest BCUT2D eigenvalue weighted by molar-refractivity contribution is 6.30. The zero-order chi connectivity index (χ0) is 26.1. The van der Waals surface area contributed by atoms with Crippen LogP contribution in [0.2, 0.25) is 5.02 Å². The van der Waals surface area contributed by atoms with Crippen molar-refractivity contribution in [3.05, 3.63) is 100 Å². The molecule has 3 aromatic carbocycles. The Hall–Kier alpha value is -3.31. The number of hydrogen-bond acceptors (Lipinski definition) is 3. The normalized spacial score (nSPS) is 12.5. The van der Waals surface area contributed by atoms with Crippen LogP contribution in [0.15, 0.2) is 72.8 Å². The lowest BCUT2D eigenvalue weighted by Gasteiger charge is -2.32. The number of benzene rings is 3. The minimum Gasteiger partial charge on any atom is -0.483 e. The maximum absolute atomic E-state index is 13.7. The van der Waals surface area contributed by atoms with Crippen molar-refractivity contribution in [2.24, 2.45) is 0 Å². The predicted octanol–water partition coefficient (Wildman–Crippen LogP) is 5.89. The number of amides is 2. The second-order valence-corrected chi connectivity index (χ2v) is 9.67. The van der Waals surface area contributed by atoms with Crippen molar-refractivity contribution in [2.45, 2.75) is 59.2 Å². The molecule has 5 nitrogen and oxygen atoms in total. The van der Waals surface area contributed by atoms with Gasteiger partial charge in [0.2, 0.25) is 5.91 Å². The van der Waals surface area contributed by atoms with Crippen molar-refractivity contribution in [3.8, 4) is 5.75 Å². The molecular weight excluding hydrogens is 472 g/mol. The molecule has 36 heavy (non-hydrogen) atoms. The summed E-state index contributed by atoms with van der Waals surface area (Å²) in [4.78, 5) is 28.8. The van der Waals surface area contributed by atoms with Gasteiger partial charge in [0.1, 0.15) is 11.8 Å². The predicted molar refractivity (Wildman–Crippen MR) is 145 cm³/mol. The third-order valence-corrected chi connectivity index (χ3v) is 6.49. The Morgan fingerprint density at radius 1 is 0.972 bits per heavy atom. The average molecular weight is 507 g/mol. The van der Waals surface area contributed by atoms with Gasteiger partial charge in [-0.25, -0.2) is 0 Å². The summed E-state index contributed by atoms with van der Waals surface area (Å²) < 4.78 is 5.96. The van der Waals surface area contributed by atoms with Crippen LogP contribution >= 0.6 is 11.6 Å². The second kappa shape index (κ2) is 13.1. The first-order valence-electron chi connectivity index (χ1n) is 12.3. The first kappa shape index (κ1) is 27.3. The van der Waals surface area contributed by atoms with Gasteiger partial charge in [0.15, 0.2) is 6.61 Å². The van der Waals surface area contributed by atoms with Gasteiger partial charge in [-0.05, 0) is 67.6 Å². The van der Waals surface area contributed by atoms with E-state index in [4.69, 9.17) is 16.3 Å². The molecule has 190 valence electrons. The molecule has 2 amide bonds. The Morgan fingerprint density at radius 2 is 1.67 bits per heavy atom. The van der Waals surface area contributed by atoms with E-state index < -0.39 is 6.04 Å². The van der Waals surface area contributed by atoms with Crippen molar-refractivity contribution >= 4 is 23.4 Å². The molecular formula is C30H35ClN2O3. The standard InChI is InChI=1S/C30H35ClN2O3/c1-5-23(4)32-30(35)27(18-24-9-7-6-8-10-24)33(19-25-13-15-26(31)16-14-25)29(34)20-36-28-17-21(2)11-12-22(28)3/h6-17,23,27H,5,18-20H2,1-4H3,(H,32,35). The molecule has 0 bridgehead atoms. The van der Waals surface area contributed by atoms with Crippen LogP contribution in [-0.4, -0.2) is 35.4 Å². The molecule has 0 radical (unpaired) electrons. The fraction of sp³-hybridized carbons (Fsp3) is 0.333. The maximum atomic E-state index is 13.7. The molecule has 3 rings (SSSR count). The first-order valence-corrected chi connectivity index (χ1v) is 12.7. The first-order chi connectivity index (χ1) is 17.3. The van der Waals surface area contributed by atoms with Crippen LogP contribution in [-0.2, 0) is 22.6 Å². The lowest BCUT2D eigenvalue weighted by Crippen LogP contribution is -2.53. The third-order valence-electron chi connectivity index (χ3n) is 6.23. The van der Waals surface area contributed by atoms with Crippen molar-refractivity contribution in [1.82, 2.24) is 10.2 Å². The van der Waals surface area contributed by atoms with Gasteiger partial charge >= 0.3 is 0 Å². The Morgan fingerprint density at radius 3 is 2.33 bits per heavy atom. The van der Waals surface area contributed by atoms with Crippen LogP contribution in [0.1, 0.15) is 42.5 Å². The number of carbonyl (C=O) groups is 2. The van der Waals surface area contributed by atoms with E-state index in [2.05, 4.69) is 5.32 Å². The molecule has 0 saturated heterocycles. The van der Waals surface area contributed by atoms with E-state index in [-0.39, 0.29) is 31.0 Å². The van der Waals surface area contributed by atoms with Gasteiger partial charge < -0.3 is 15.0 Å². The molecule has 0 saturated carbocycles. The number of rotatable bonds is 11. The van der Waals surface area contributed by atoms with Gasteiger partial charge in [-0.3, -0.25) is 9.59 Å². The average Bonchev–Trinajstić information content (AvgIpc) is 2.88. The number of carbonyl (C=O) groups excluding carboxylic acids is 2. The molecule has 2 atom stereocenters. The fourth-order valence-electron chi connectivity index (χ4n) is 3.87. The molecule has 0 spiro atoms. The van der Waals surface area contributed by atoms with Crippen molar-refractivity contribution in [3.63, 3.8) is 0 Å². The van der Waals surface area contributed by atoms with Crippen molar-refractivity contribution < 1.29 is 14.3 Å². The molecule has 0 aliphatic heterocycles. The summed E-state index contributed by atoms with van der Waals surface area (Å²) in [6, 6.07) is 22.3. The summed E-state index contributed by atoms with van der Waals surface area (Å²) in [5.41, 5.74) is 3.86. The highest BCUT2D eigenvalue weighted by Crippen LogP contribution is 2.21. The van der Waals surface area contributed by atoms with E-state index in [0.29, 0.717) is 17.2 Å². The number of aryl methyl sites for hydroxylation is 2. The molecule has 0 aliphatic carbocycles. The number of halogens is 1. The highest BCUT2D eigenvalue weighted by Gasteiger charge is 2.31. The summed E-state index contributed by atoms with van der Waals surface area (Å²) in [5.74, 6) is 0.229. The molecule has 1 N–H and O–H groups in total. The summed E-state index contributed by atoms with van der Waals surface area (Å²) in [6.07, 6.45) is 1.19. The molecule has 2 unspecified atom stereocenters. The van der Waals surface area contributed by atoms with Gasteiger partial charge in [-0.15, -0.1) is 0 Å². The Labute approximate surface area is 219 Å². The van der Waals surface area contributed by atoms with Gasteiger partial charge in [-0.1, -0.05) is 73.1 Å². The van der Waals surface area contributed by atoms with Gasteiger partial charge in [0, 0.05) is 24.0 Å². The topological polar surface area (TPSA) is 58.6 Å². The number of nitrogens with one attached hydrogen (secondary N) is 1. The summed E-state index contributed by atoms with van der Waals surface area (Å²) >= 11 is 6.08. The van der Waals surface area contributed by atoms with E-state index >= 15 is 0 Å². The monoisotopic (exact) mass is 506 g/mol. The smallest absolute Gasteiger partial charge is 0.261 e. The Bertz CT molecular complexity index is 1150. The van der Waals surface area contributed by atoms with Crippen molar-refractivity contribution in [1.29, 1.82) is 0 Å². The summed E-state index contributed by atoms with van der Waals surface area (Å²) in [5, 5.41) is 3.69. The second-order valence-electron chi connectivity index (χ2n) is 9.23. The van der Waals surface area contributed by atoms with Crippen LogP contribution in [0.25, 0.3) is 0 Å². The number of nitrogens with zero attached hydrogens (tertiary/aromatic N) is 1. The lowest BCUT2D eigenvalue weighted by atomic mass is 10.0. The third kappa shape index (κ3) is 7.85. The number of hydrogen-bond donors (Lipinski definition) is 1. The van der Waals surface area contributed by atoms with E-state index in [1.54, 1.807) is 17.0 Å². The SMILES string of the molecule is CCC(C)NC(=O)C(Cc1ccccc1)N(Cc1ccc(Cl)cc1)C(=O)COc1cc(C)ccc1C. The number of ether oxygens (including phenoxy) is 1. The maximum Gasteiger partial charge on any atom is 0.261 e. The van der Waals surface area contributed by atoms with Gasteiger partial charge in [0.25, 0.3) is 5.91 Å². The summed E-state index contributed by atoms with van der Waals surface area (Å²) in [7, 11) is 0. The Kier molecular flexibility index (Phi) is 9.95. The fourth-order valence-corrected chi connectivity index (χ4v) is 3.99. The minimum atomic E-state index is -0.702. The van der Waals surface area contributed by atoms with Crippen molar-refractivity contribution in [2.75, 3.05) is 6.61 Å². The zero-order valence-corrected chi connectivity index (χ0v) is 22.2. The molecule has 3 aromatic rings. The largest absolute Gasteiger partial charge is 0.483 e. The van der Waals surface area contributed by atoms with Crippen LogP contribution in [0.5, 0.6) is 5.75 Å². The molecule has 0 aromatic heterocycles. The van der Waals surface area contributed by atoms with E-state index in [1.165, 1.54) is 0 Å². The summed E-state index contributed by atoms with van der Waals surface area (Å²) in [6.45, 7) is 8.01. The Balaban J connectivity index is 1.92. The zero-order valence-electron chi connectivity index (χ0n) is 21.5. The molecule has 6 heteroatoms. The van der Waals surface area contributed by atoms with E-state index in [0.717, 1.165) is 28.7 Å². The molecule has 0 aliphatic rings. The van der Waals surface area contributed by atoms with E-state index in [1.807, 2.05) is 88.4 Å². The van der Waals surface area contributed by atoms with Gasteiger partial charge in [-0.2, -0.15) is 0 Å². The lowest BCUT2D eigenvalue weighted by molar-refractivity contribution is -0.143. The van der Waals surface area contributed by atoms with Crippen LogP contribution in [0.3, 0.4) is 0 Å². The quantitative estimate of drug-likeness (QED) is 0.352. The van der Waals surface area contributed by atoms with E-state index in [9.17, 15) is 9.59 Å². The minimum absolute atomic E-state index is 0.00514. The van der Waals surface area contributed by atoms with Crippen LogP contribution in [0.4, 0.5) is 0 Å². The molecule has 0 heterocycles.